The minimum absolute atomic E-state index is 0. The van der Waals surface area contributed by atoms with Crippen LogP contribution in [0.1, 0.15) is 24.3 Å². The second-order valence-electron chi connectivity index (χ2n) is 10.6. The number of thiophene rings is 1. The van der Waals surface area contributed by atoms with E-state index in [0.717, 1.165) is 33.6 Å². The highest BCUT2D eigenvalue weighted by atomic mass is 35.5. The molecule has 0 saturated carbocycles. The topological polar surface area (TPSA) is 126 Å². The largest absolute Gasteiger partial charge is 0.439 e. The molecule has 44 heavy (non-hydrogen) atoms. The fourth-order valence-corrected chi connectivity index (χ4v) is 6.63. The average Bonchev–Trinajstić information content (AvgIpc) is 3.66. The van der Waals surface area contributed by atoms with E-state index in [1.165, 1.54) is 15.9 Å². The lowest BCUT2D eigenvalue weighted by molar-refractivity contribution is -0.130. The summed E-state index contributed by atoms with van der Waals surface area (Å²) in [6.07, 6.45) is 0.776. The molecule has 0 atom stereocenters. The molecule has 230 valence electrons. The molecule has 2 aromatic carbocycles. The molecule has 13 heteroatoms. The van der Waals surface area contributed by atoms with Crippen LogP contribution in [0.4, 0.5) is 0 Å². The first-order valence-corrected chi connectivity index (χ1v) is 15.1. The van der Waals surface area contributed by atoms with E-state index in [9.17, 15) is 19.2 Å². The van der Waals surface area contributed by atoms with E-state index >= 15 is 0 Å². The number of nitrogens with zero attached hydrogens (tertiary/aromatic N) is 5. The Bertz CT molecular complexity index is 1960. The molecule has 6 rings (SSSR count). The number of aromatic amines is 1. The van der Waals surface area contributed by atoms with Crippen molar-refractivity contribution >= 4 is 39.9 Å². The Hall–Kier alpha value is -4.26. The van der Waals surface area contributed by atoms with Crippen molar-refractivity contribution in [3.8, 4) is 22.5 Å². The number of hydrogen-bond donors (Lipinski definition) is 1. The Morgan fingerprint density at radius 2 is 1.66 bits per heavy atom. The van der Waals surface area contributed by atoms with Crippen molar-refractivity contribution in [2.75, 3.05) is 32.7 Å². The maximum absolute atomic E-state index is 13.8. The second kappa shape index (κ2) is 13.2. The number of H-pyrrole nitrogens is 1. The monoisotopic (exact) mass is 636 g/mol. The highest BCUT2D eigenvalue weighted by molar-refractivity contribution is 7.18. The molecule has 4 heterocycles. The molecule has 1 saturated heterocycles. The molecule has 0 radical (unpaired) electrons. The van der Waals surface area contributed by atoms with Gasteiger partial charge in [-0.3, -0.25) is 33.1 Å². The van der Waals surface area contributed by atoms with Crippen molar-refractivity contribution in [3.63, 3.8) is 0 Å². The number of aromatic nitrogens is 4. The Morgan fingerprint density at radius 1 is 0.955 bits per heavy atom. The van der Waals surface area contributed by atoms with E-state index in [0.29, 0.717) is 55.3 Å². The molecule has 0 spiro atoms. The molecule has 3 aromatic heterocycles. The van der Waals surface area contributed by atoms with Crippen molar-refractivity contribution < 1.29 is 9.32 Å². The minimum atomic E-state index is -0.617. The van der Waals surface area contributed by atoms with Gasteiger partial charge in [0.2, 0.25) is 5.91 Å². The van der Waals surface area contributed by atoms with Crippen LogP contribution in [0.15, 0.2) is 73.5 Å². The Kier molecular flexibility index (Phi) is 9.33. The van der Waals surface area contributed by atoms with E-state index in [1.54, 1.807) is 11.5 Å². The van der Waals surface area contributed by atoms with Crippen LogP contribution in [0.3, 0.4) is 0 Å². The smallest absolute Gasteiger partial charge is 0.340 e. The maximum Gasteiger partial charge on any atom is 0.439 e. The maximum atomic E-state index is 13.8. The third kappa shape index (κ3) is 6.19. The first-order chi connectivity index (χ1) is 20.8. The highest BCUT2D eigenvalue weighted by Crippen LogP contribution is 2.30. The number of fused-ring (bicyclic) bond motifs is 1. The molecule has 11 nitrogen and oxygen atoms in total. The predicted octanol–water partition coefficient (Wildman–Crippen LogP) is 3.43. The van der Waals surface area contributed by atoms with Gasteiger partial charge in [0.1, 0.15) is 4.83 Å². The van der Waals surface area contributed by atoms with Crippen LogP contribution in [0, 0.1) is 0 Å². The lowest BCUT2D eigenvalue weighted by Gasteiger charge is -2.34. The molecule has 1 amide bonds. The van der Waals surface area contributed by atoms with Crippen LogP contribution in [-0.2, 0) is 24.3 Å². The first kappa shape index (κ1) is 31.2. The molecule has 1 N–H and O–H groups in total. The summed E-state index contributed by atoms with van der Waals surface area (Å²) < 4.78 is 7.76. The lowest BCUT2D eigenvalue weighted by atomic mass is 9.98. The average molecular weight is 637 g/mol. The Labute approximate surface area is 262 Å². The van der Waals surface area contributed by atoms with Crippen LogP contribution in [0.25, 0.3) is 32.7 Å². The van der Waals surface area contributed by atoms with Gasteiger partial charge in [0.15, 0.2) is 5.82 Å². The SMILES string of the molecule is CCc1cc2c(=O)n(CCN3CCN(C(C)=O)CC3)c(=O)n(Cc3ccc(-c4ccccc4-c4noc(=O)[nH]4)cc3)c2s1.Cl. The number of rotatable bonds is 8. The van der Waals surface area contributed by atoms with Crippen molar-refractivity contribution in [1.29, 1.82) is 0 Å². The van der Waals surface area contributed by atoms with Crippen molar-refractivity contribution in [3.05, 3.63) is 96.4 Å². The molecule has 1 aliphatic rings. The third-order valence-electron chi connectivity index (χ3n) is 7.98. The van der Waals surface area contributed by atoms with Gasteiger partial charge < -0.3 is 4.90 Å². The van der Waals surface area contributed by atoms with E-state index in [1.807, 2.05) is 66.4 Å². The number of nitrogens with one attached hydrogen (secondary N) is 1. The number of aryl methyl sites for hydroxylation is 1. The molecule has 1 fully saturated rings. The molecule has 0 bridgehead atoms. The number of hydrogen-bond acceptors (Lipinski definition) is 8. The van der Waals surface area contributed by atoms with Gasteiger partial charge in [-0.05, 0) is 29.2 Å². The summed E-state index contributed by atoms with van der Waals surface area (Å²) in [5.41, 5.74) is 2.86. The van der Waals surface area contributed by atoms with Gasteiger partial charge in [0, 0.05) is 56.6 Å². The quantitative estimate of drug-likeness (QED) is 0.277. The molecule has 0 aliphatic carbocycles. The summed E-state index contributed by atoms with van der Waals surface area (Å²) in [5, 5.41) is 4.40. The van der Waals surface area contributed by atoms with E-state index in [-0.39, 0.29) is 36.1 Å². The van der Waals surface area contributed by atoms with Crippen LogP contribution in [0.2, 0.25) is 0 Å². The van der Waals surface area contributed by atoms with Gasteiger partial charge in [0.25, 0.3) is 5.56 Å². The standard InChI is InChI=1S/C31H32N6O5S.ClH/c1-3-23-18-26-28(39)36(17-14-34-12-15-35(16-13-34)20(2)38)31(41)37(29(26)43-23)19-21-8-10-22(11-9-21)24-6-4-5-7-25(24)27-32-30(40)42-33-27;/h4-11,18H,3,12-17,19H2,1-2H3,(H,32,33,40);1H. The molecular formula is C31H33ClN6O5S. The summed E-state index contributed by atoms with van der Waals surface area (Å²) in [7, 11) is 0. The van der Waals surface area contributed by atoms with Gasteiger partial charge in [0.05, 0.1) is 11.9 Å². The summed E-state index contributed by atoms with van der Waals surface area (Å²) in [5.74, 6) is -0.198. The van der Waals surface area contributed by atoms with Gasteiger partial charge in [-0.1, -0.05) is 60.6 Å². The molecule has 1 aliphatic heterocycles. The first-order valence-electron chi connectivity index (χ1n) is 14.3. The second-order valence-corrected chi connectivity index (χ2v) is 11.8. The van der Waals surface area contributed by atoms with Gasteiger partial charge in [-0.15, -0.1) is 23.7 Å². The van der Waals surface area contributed by atoms with Gasteiger partial charge in [-0.2, -0.15) is 0 Å². The zero-order valence-electron chi connectivity index (χ0n) is 24.4. The zero-order chi connectivity index (χ0) is 30.1. The van der Waals surface area contributed by atoms with Crippen LogP contribution < -0.4 is 17.0 Å². The summed E-state index contributed by atoms with van der Waals surface area (Å²) in [6.45, 7) is 7.49. The van der Waals surface area contributed by atoms with Crippen LogP contribution in [0.5, 0.6) is 0 Å². The number of benzene rings is 2. The summed E-state index contributed by atoms with van der Waals surface area (Å²) >= 11 is 1.49. The summed E-state index contributed by atoms with van der Waals surface area (Å²) in [6, 6.07) is 17.4. The highest BCUT2D eigenvalue weighted by Gasteiger charge is 2.21. The Balaban J connectivity index is 0.00000384. The van der Waals surface area contributed by atoms with Gasteiger partial charge >= 0.3 is 11.4 Å². The van der Waals surface area contributed by atoms with Crippen molar-refractivity contribution in [1.82, 2.24) is 29.1 Å². The van der Waals surface area contributed by atoms with Crippen molar-refractivity contribution in [2.45, 2.75) is 33.4 Å². The van der Waals surface area contributed by atoms with E-state index < -0.39 is 5.76 Å². The van der Waals surface area contributed by atoms with Crippen LogP contribution >= 0.6 is 23.7 Å². The normalized spacial score (nSPS) is 13.7. The number of carbonyl (C=O) groups is 1. The number of carbonyl (C=O) groups excluding carboxylic acids is 1. The molecular weight excluding hydrogens is 604 g/mol. The molecule has 5 aromatic rings. The third-order valence-corrected chi connectivity index (χ3v) is 9.28. The number of halogens is 1. The zero-order valence-corrected chi connectivity index (χ0v) is 26.1. The van der Waals surface area contributed by atoms with Crippen LogP contribution in [-0.4, -0.2) is 67.7 Å². The Morgan fingerprint density at radius 3 is 2.30 bits per heavy atom. The summed E-state index contributed by atoms with van der Waals surface area (Å²) in [4.78, 5) is 58.9. The fraction of sp³-hybridized carbons (Fsp3) is 0.323. The number of piperazine rings is 1. The predicted molar refractivity (Wildman–Crippen MR) is 173 cm³/mol. The van der Waals surface area contributed by atoms with Gasteiger partial charge in [-0.25, -0.2) is 9.59 Å². The lowest BCUT2D eigenvalue weighted by Crippen LogP contribution is -2.50. The number of amides is 1. The molecule has 0 unspecified atom stereocenters. The van der Waals surface area contributed by atoms with E-state index in [2.05, 4.69) is 15.0 Å². The minimum Gasteiger partial charge on any atom is -0.340 e. The fourth-order valence-electron chi connectivity index (χ4n) is 5.55. The van der Waals surface area contributed by atoms with Crippen molar-refractivity contribution in [2.24, 2.45) is 0 Å². The van der Waals surface area contributed by atoms with E-state index in [4.69, 9.17) is 4.52 Å².